The molecule has 104 valence electrons. The molecule has 1 aromatic carbocycles. The first-order chi connectivity index (χ1) is 8.95. The van der Waals surface area contributed by atoms with Gasteiger partial charge in [-0.3, -0.25) is 4.79 Å². The molecule has 0 N–H and O–H groups in total. The van der Waals surface area contributed by atoms with E-state index in [4.69, 9.17) is 11.6 Å². The third-order valence-electron chi connectivity index (χ3n) is 4.28. The maximum absolute atomic E-state index is 12.4. The molecule has 1 aromatic rings. The summed E-state index contributed by atoms with van der Waals surface area (Å²) in [5.74, 6) is 0.0903. The van der Waals surface area contributed by atoms with Gasteiger partial charge < -0.3 is 4.90 Å². The monoisotopic (exact) mass is 343 g/mol. The topological polar surface area (TPSA) is 20.3 Å². The SMILES string of the molecule is CCC1(C)CCN(C(=O)c2ccc(Br)c(Cl)c2)CC1. The Morgan fingerprint density at radius 2 is 2.05 bits per heavy atom. The average molecular weight is 345 g/mol. The summed E-state index contributed by atoms with van der Waals surface area (Å²) in [6.45, 7) is 6.23. The van der Waals surface area contributed by atoms with E-state index in [2.05, 4.69) is 29.8 Å². The minimum absolute atomic E-state index is 0.0903. The Kier molecular flexibility index (Phi) is 4.57. The zero-order valence-electron chi connectivity index (χ0n) is 11.4. The molecule has 1 saturated heterocycles. The van der Waals surface area contributed by atoms with Crippen LogP contribution in [0.4, 0.5) is 0 Å². The fourth-order valence-electron chi connectivity index (χ4n) is 2.41. The van der Waals surface area contributed by atoms with Gasteiger partial charge in [-0.05, 0) is 52.4 Å². The Bertz CT molecular complexity index is 481. The lowest BCUT2D eigenvalue weighted by Gasteiger charge is -2.39. The standard InChI is InChI=1S/C15H19BrClNO/c1-3-15(2)6-8-18(9-7-15)14(19)11-4-5-12(16)13(17)10-11/h4-5,10H,3,6-9H2,1-2H3. The maximum Gasteiger partial charge on any atom is 0.253 e. The second-order valence-electron chi connectivity index (χ2n) is 5.59. The Hall–Kier alpha value is -0.540. The van der Waals surface area contributed by atoms with Crippen molar-refractivity contribution in [3.8, 4) is 0 Å². The van der Waals surface area contributed by atoms with Crippen LogP contribution in [0.1, 0.15) is 43.5 Å². The van der Waals surface area contributed by atoms with Crippen LogP contribution in [-0.4, -0.2) is 23.9 Å². The number of carbonyl (C=O) groups is 1. The highest BCUT2D eigenvalue weighted by Crippen LogP contribution is 2.34. The van der Waals surface area contributed by atoms with Gasteiger partial charge in [-0.1, -0.05) is 31.9 Å². The van der Waals surface area contributed by atoms with Crippen molar-refractivity contribution in [3.05, 3.63) is 33.3 Å². The van der Waals surface area contributed by atoms with Crippen molar-refractivity contribution in [1.29, 1.82) is 0 Å². The molecule has 1 amide bonds. The fourth-order valence-corrected chi connectivity index (χ4v) is 2.84. The predicted molar refractivity (Wildman–Crippen MR) is 82.7 cm³/mol. The first-order valence-electron chi connectivity index (χ1n) is 6.69. The molecule has 0 atom stereocenters. The number of halogens is 2. The Morgan fingerprint density at radius 3 is 2.58 bits per heavy atom. The van der Waals surface area contributed by atoms with E-state index in [1.807, 2.05) is 17.0 Å². The van der Waals surface area contributed by atoms with Crippen molar-refractivity contribution < 1.29 is 4.79 Å². The van der Waals surface area contributed by atoms with Crippen molar-refractivity contribution >= 4 is 33.4 Å². The predicted octanol–water partition coefficient (Wildman–Crippen LogP) is 4.75. The summed E-state index contributed by atoms with van der Waals surface area (Å²) in [6.07, 6.45) is 3.35. The smallest absolute Gasteiger partial charge is 0.253 e. The molecule has 0 spiro atoms. The van der Waals surface area contributed by atoms with E-state index in [1.165, 1.54) is 6.42 Å². The van der Waals surface area contributed by atoms with Crippen molar-refractivity contribution in [2.24, 2.45) is 5.41 Å². The quantitative estimate of drug-likeness (QED) is 0.758. The van der Waals surface area contributed by atoms with Crippen molar-refractivity contribution in [3.63, 3.8) is 0 Å². The first kappa shape index (κ1) is 14.9. The highest BCUT2D eigenvalue weighted by molar-refractivity contribution is 9.10. The number of benzene rings is 1. The first-order valence-corrected chi connectivity index (χ1v) is 7.86. The number of nitrogens with zero attached hydrogens (tertiary/aromatic N) is 1. The van der Waals surface area contributed by atoms with Crippen molar-refractivity contribution in [2.45, 2.75) is 33.1 Å². The highest BCUT2D eigenvalue weighted by Gasteiger charge is 2.30. The van der Waals surface area contributed by atoms with Gasteiger partial charge in [-0.2, -0.15) is 0 Å². The fraction of sp³-hybridized carbons (Fsp3) is 0.533. The molecule has 0 radical (unpaired) electrons. The van der Waals surface area contributed by atoms with Crippen LogP contribution in [0.25, 0.3) is 0 Å². The zero-order valence-corrected chi connectivity index (χ0v) is 13.7. The van der Waals surface area contributed by atoms with Gasteiger partial charge in [0.25, 0.3) is 5.91 Å². The lowest BCUT2D eigenvalue weighted by atomic mass is 9.78. The van der Waals surface area contributed by atoms with E-state index < -0.39 is 0 Å². The van der Waals surface area contributed by atoms with Gasteiger partial charge in [-0.15, -0.1) is 0 Å². The third-order valence-corrected chi connectivity index (χ3v) is 5.51. The Morgan fingerprint density at radius 1 is 1.42 bits per heavy atom. The Balaban J connectivity index is 2.07. The molecule has 0 saturated carbocycles. The minimum Gasteiger partial charge on any atom is -0.339 e. The van der Waals surface area contributed by atoms with E-state index in [1.54, 1.807) is 6.07 Å². The molecule has 4 heteroatoms. The summed E-state index contributed by atoms with van der Waals surface area (Å²) in [5, 5.41) is 0.584. The number of carbonyl (C=O) groups excluding carboxylic acids is 1. The maximum atomic E-state index is 12.4. The second-order valence-corrected chi connectivity index (χ2v) is 6.85. The third kappa shape index (κ3) is 3.32. The summed E-state index contributed by atoms with van der Waals surface area (Å²) in [5.41, 5.74) is 1.07. The number of hydrogen-bond acceptors (Lipinski definition) is 1. The zero-order chi connectivity index (χ0) is 14.0. The number of piperidine rings is 1. The van der Waals surface area contributed by atoms with E-state index in [-0.39, 0.29) is 5.91 Å². The largest absolute Gasteiger partial charge is 0.339 e. The molecule has 1 fully saturated rings. The molecule has 2 rings (SSSR count). The Labute approximate surface area is 128 Å². The van der Waals surface area contributed by atoms with Gasteiger partial charge in [0.05, 0.1) is 5.02 Å². The van der Waals surface area contributed by atoms with Gasteiger partial charge in [-0.25, -0.2) is 0 Å². The lowest BCUT2D eigenvalue weighted by Crippen LogP contribution is -2.41. The molecule has 19 heavy (non-hydrogen) atoms. The van der Waals surface area contributed by atoms with Crippen molar-refractivity contribution in [1.82, 2.24) is 4.90 Å². The summed E-state index contributed by atoms with van der Waals surface area (Å²) in [7, 11) is 0. The number of hydrogen-bond donors (Lipinski definition) is 0. The molecule has 1 aliphatic heterocycles. The summed E-state index contributed by atoms with van der Waals surface area (Å²) >= 11 is 9.39. The second kappa shape index (κ2) is 5.84. The van der Waals surface area contributed by atoms with Gasteiger partial charge in [0, 0.05) is 23.1 Å². The molecule has 1 aliphatic rings. The van der Waals surface area contributed by atoms with Gasteiger partial charge in [0.1, 0.15) is 0 Å². The van der Waals surface area contributed by atoms with E-state index in [9.17, 15) is 4.79 Å². The van der Waals surface area contributed by atoms with E-state index >= 15 is 0 Å². The van der Waals surface area contributed by atoms with E-state index in [0.29, 0.717) is 16.0 Å². The van der Waals surface area contributed by atoms with Crippen molar-refractivity contribution in [2.75, 3.05) is 13.1 Å². The number of amides is 1. The van der Waals surface area contributed by atoms with Crippen LogP contribution in [0.2, 0.25) is 5.02 Å². The molecule has 2 nitrogen and oxygen atoms in total. The average Bonchev–Trinajstić information content (AvgIpc) is 2.42. The molecular formula is C15H19BrClNO. The van der Waals surface area contributed by atoms with Gasteiger partial charge in [0.2, 0.25) is 0 Å². The van der Waals surface area contributed by atoms with Crippen LogP contribution >= 0.6 is 27.5 Å². The van der Waals surface area contributed by atoms with Crippen LogP contribution in [0.3, 0.4) is 0 Å². The summed E-state index contributed by atoms with van der Waals surface area (Å²) < 4.78 is 0.822. The van der Waals surface area contributed by atoms with Crippen LogP contribution in [0, 0.1) is 5.41 Å². The molecule has 0 unspecified atom stereocenters. The summed E-state index contributed by atoms with van der Waals surface area (Å²) in [4.78, 5) is 14.4. The highest BCUT2D eigenvalue weighted by atomic mass is 79.9. The molecular weight excluding hydrogens is 326 g/mol. The van der Waals surface area contributed by atoms with E-state index in [0.717, 1.165) is 30.4 Å². The minimum atomic E-state index is 0.0903. The molecule has 0 bridgehead atoms. The van der Waals surface area contributed by atoms with Crippen LogP contribution in [-0.2, 0) is 0 Å². The molecule has 0 aliphatic carbocycles. The number of rotatable bonds is 2. The van der Waals surface area contributed by atoms with Crippen LogP contribution in [0.15, 0.2) is 22.7 Å². The van der Waals surface area contributed by atoms with Gasteiger partial charge >= 0.3 is 0 Å². The lowest BCUT2D eigenvalue weighted by molar-refractivity contribution is 0.0600. The van der Waals surface area contributed by atoms with Gasteiger partial charge in [0.15, 0.2) is 0 Å². The normalized spacial score (nSPS) is 18.4. The summed E-state index contributed by atoms with van der Waals surface area (Å²) in [6, 6.07) is 5.39. The van der Waals surface area contributed by atoms with Crippen LogP contribution < -0.4 is 0 Å². The van der Waals surface area contributed by atoms with Crippen LogP contribution in [0.5, 0.6) is 0 Å². The molecule has 1 heterocycles. The number of likely N-dealkylation sites (tertiary alicyclic amines) is 1. The molecule has 0 aromatic heterocycles.